The maximum absolute atomic E-state index is 12.1. The van der Waals surface area contributed by atoms with E-state index in [1.54, 1.807) is 36.4 Å². The highest BCUT2D eigenvalue weighted by atomic mass is 35.5. The molecule has 0 radical (unpaired) electrons. The van der Waals surface area contributed by atoms with Crippen molar-refractivity contribution in [2.75, 3.05) is 17.2 Å². The highest BCUT2D eigenvalue weighted by Crippen LogP contribution is 2.26. The quantitative estimate of drug-likeness (QED) is 0.613. The molecule has 2 N–H and O–H groups in total. The zero-order chi connectivity index (χ0) is 19.2. The van der Waals surface area contributed by atoms with Gasteiger partial charge in [0.2, 0.25) is 0 Å². The van der Waals surface area contributed by atoms with Crippen molar-refractivity contribution < 1.29 is 14.3 Å². The van der Waals surface area contributed by atoms with E-state index in [0.29, 0.717) is 27.0 Å². The topological polar surface area (TPSA) is 67.4 Å². The number of ether oxygens (including phenoxy) is 1. The molecule has 3 rings (SSSR count). The molecule has 2 aromatic carbocycles. The van der Waals surface area contributed by atoms with Gasteiger partial charge >= 0.3 is 0 Å². The van der Waals surface area contributed by atoms with E-state index in [2.05, 4.69) is 10.6 Å². The number of halogens is 1. The summed E-state index contributed by atoms with van der Waals surface area (Å²) in [7, 11) is 0. The fraction of sp³-hybridized carbons (Fsp3) is 0.100. The number of thiophene rings is 1. The van der Waals surface area contributed by atoms with Crippen LogP contribution in [0.25, 0.3) is 0 Å². The predicted octanol–water partition coefficient (Wildman–Crippen LogP) is 4.98. The van der Waals surface area contributed by atoms with Crippen molar-refractivity contribution in [1.29, 1.82) is 0 Å². The molecular formula is C20H17ClN2O3S. The second-order valence-corrected chi connectivity index (χ2v) is 7.13. The van der Waals surface area contributed by atoms with Crippen LogP contribution in [0.3, 0.4) is 0 Å². The standard InChI is InChI=1S/C20H17ClN2O3S/c1-13-4-2-5-15(10-13)26-12-19(24)22-14-7-8-17(16(21)11-14)23-20(25)18-6-3-9-27-18/h2-11H,12H2,1H3,(H,22,24)(H,23,25). The summed E-state index contributed by atoms with van der Waals surface area (Å²) in [6, 6.07) is 15.9. The Kier molecular flexibility index (Phi) is 6.11. The number of amides is 2. The normalized spacial score (nSPS) is 10.3. The Balaban J connectivity index is 1.56. The van der Waals surface area contributed by atoms with Gasteiger partial charge in [0, 0.05) is 5.69 Å². The molecule has 27 heavy (non-hydrogen) atoms. The minimum absolute atomic E-state index is 0.113. The minimum atomic E-state index is -0.303. The third-order valence-electron chi connectivity index (χ3n) is 3.61. The molecule has 0 saturated heterocycles. The summed E-state index contributed by atoms with van der Waals surface area (Å²) in [5.41, 5.74) is 2.05. The monoisotopic (exact) mass is 400 g/mol. The van der Waals surface area contributed by atoms with E-state index in [1.165, 1.54) is 11.3 Å². The van der Waals surface area contributed by atoms with Gasteiger partial charge < -0.3 is 15.4 Å². The van der Waals surface area contributed by atoms with Crippen LogP contribution in [0.5, 0.6) is 5.75 Å². The highest BCUT2D eigenvalue weighted by molar-refractivity contribution is 7.12. The van der Waals surface area contributed by atoms with Gasteiger partial charge in [0.15, 0.2) is 6.61 Å². The number of carbonyl (C=O) groups excluding carboxylic acids is 2. The molecule has 1 aromatic heterocycles. The van der Waals surface area contributed by atoms with Gasteiger partial charge in [0.05, 0.1) is 15.6 Å². The molecule has 5 nitrogen and oxygen atoms in total. The van der Waals surface area contributed by atoms with Crippen molar-refractivity contribution in [3.63, 3.8) is 0 Å². The molecular weight excluding hydrogens is 384 g/mol. The Morgan fingerprint density at radius 2 is 1.93 bits per heavy atom. The Hall–Kier alpha value is -2.83. The molecule has 0 unspecified atom stereocenters. The second kappa shape index (κ2) is 8.70. The minimum Gasteiger partial charge on any atom is -0.484 e. The van der Waals surface area contributed by atoms with Gasteiger partial charge in [-0.25, -0.2) is 0 Å². The van der Waals surface area contributed by atoms with Gasteiger partial charge in [-0.1, -0.05) is 29.8 Å². The molecule has 0 aliphatic heterocycles. The summed E-state index contributed by atoms with van der Waals surface area (Å²) < 4.78 is 5.47. The molecule has 1 heterocycles. The van der Waals surface area contributed by atoms with Crippen LogP contribution in [-0.2, 0) is 4.79 Å². The number of benzene rings is 2. The SMILES string of the molecule is Cc1cccc(OCC(=O)Nc2ccc(NC(=O)c3cccs3)c(Cl)c2)c1. The van der Waals surface area contributed by atoms with Crippen LogP contribution in [0.4, 0.5) is 11.4 Å². The Morgan fingerprint density at radius 3 is 2.63 bits per heavy atom. The van der Waals surface area contributed by atoms with Gasteiger partial charge in [0.25, 0.3) is 11.8 Å². The molecule has 3 aromatic rings. The van der Waals surface area contributed by atoms with Crippen LogP contribution >= 0.6 is 22.9 Å². The van der Waals surface area contributed by atoms with Crippen LogP contribution in [-0.4, -0.2) is 18.4 Å². The number of rotatable bonds is 6. The molecule has 7 heteroatoms. The molecule has 0 bridgehead atoms. The van der Waals surface area contributed by atoms with Crippen LogP contribution in [0, 0.1) is 6.92 Å². The Bertz CT molecular complexity index is 958. The fourth-order valence-electron chi connectivity index (χ4n) is 2.34. The van der Waals surface area contributed by atoms with Crippen molar-refractivity contribution in [2.45, 2.75) is 6.92 Å². The number of nitrogens with one attached hydrogen (secondary N) is 2. The first-order valence-electron chi connectivity index (χ1n) is 8.15. The van der Waals surface area contributed by atoms with Gasteiger partial charge in [-0.15, -0.1) is 11.3 Å². The summed E-state index contributed by atoms with van der Waals surface area (Å²) in [6.07, 6.45) is 0. The lowest BCUT2D eigenvalue weighted by molar-refractivity contribution is -0.118. The van der Waals surface area contributed by atoms with E-state index in [1.807, 2.05) is 30.5 Å². The third-order valence-corrected chi connectivity index (χ3v) is 4.79. The van der Waals surface area contributed by atoms with E-state index >= 15 is 0 Å². The highest BCUT2D eigenvalue weighted by Gasteiger charge is 2.11. The first kappa shape index (κ1) is 18.9. The van der Waals surface area contributed by atoms with Crippen LogP contribution in [0.1, 0.15) is 15.2 Å². The van der Waals surface area contributed by atoms with E-state index in [0.717, 1.165) is 5.56 Å². The van der Waals surface area contributed by atoms with E-state index < -0.39 is 0 Å². The maximum Gasteiger partial charge on any atom is 0.265 e. The van der Waals surface area contributed by atoms with E-state index in [9.17, 15) is 9.59 Å². The largest absolute Gasteiger partial charge is 0.484 e. The van der Waals surface area contributed by atoms with Crippen LogP contribution in [0.2, 0.25) is 5.02 Å². The predicted molar refractivity (Wildman–Crippen MR) is 109 cm³/mol. The van der Waals surface area contributed by atoms with E-state index in [4.69, 9.17) is 16.3 Å². The molecule has 0 spiro atoms. The summed E-state index contributed by atoms with van der Waals surface area (Å²) in [6.45, 7) is 1.84. The zero-order valence-corrected chi connectivity index (χ0v) is 16.1. The third kappa shape index (κ3) is 5.32. The lowest BCUT2D eigenvalue weighted by Crippen LogP contribution is -2.20. The summed E-state index contributed by atoms with van der Waals surface area (Å²) in [5.74, 6) is 0.105. The maximum atomic E-state index is 12.1. The second-order valence-electron chi connectivity index (χ2n) is 5.78. The smallest absolute Gasteiger partial charge is 0.265 e. The van der Waals surface area contributed by atoms with Crippen molar-refractivity contribution in [1.82, 2.24) is 0 Å². The average molecular weight is 401 g/mol. The van der Waals surface area contributed by atoms with Crippen LogP contribution < -0.4 is 15.4 Å². The Morgan fingerprint density at radius 1 is 1.07 bits per heavy atom. The molecule has 0 atom stereocenters. The molecule has 0 fully saturated rings. The van der Waals surface area contributed by atoms with Crippen molar-refractivity contribution in [3.05, 3.63) is 75.4 Å². The molecule has 0 saturated carbocycles. The molecule has 138 valence electrons. The number of anilines is 2. The van der Waals surface area contributed by atoms with E-state index in [-0.39, 0.29) is 18.4 Å². The van der Waals surface area contributed by atoms with Crippen molar-refractivity contribution >= 4 is 46.1 Å². The average Bonchev–Trinajstić information content (AvgIpc) is 3.17. The lowest BCUT2D eigenvalue weighted by Gasteiger charge is -2.10. The number of hydrogen-bond donors (Lipinski definition) is 2. The Labute approximate surface area is 165 Å². The zero-order valence-electron chi connectivity index (χ0n) is 14.5. The summed E-state index contributed by atoms with van der Waals surface area (Å²) >= 11 is 7.56. The first-order chi connectivity index (χ1) is 13.0. The van der Waals surface area contributed by atoms with Crippen molar-refractivity contribution in [3.8, 4) is 5.75 Å². The lowest BCUT2D eigenvalue weighted by atomic mass is 10.2. The van der Waals surface area contributed by atoms with Crippen molar-refractivity contribution in [2.24, 2.45) is 0 Å². The van der Waals surface area contributed by atoms with Gasteiger partial charge in [-0.05, 0) is 54.3 Å². The van der Waals surface area contributed by atoms with Gasteiger partial charge in [-0.2, -0.15) is 0 Å². The number of hydrogen-bond acceptors (Lipinski definition) is 4. The summed E-state index contributed by atoms with van der Waals surface area (Å²) in [4.78, 5) is 24.7. The number of carbonyl (C=O) groups is 2. The fourth-order valence-corrected chi connectivity index (χ4v) is 3.18. The number of aryl methyl sites for hydroxylation is 1. The van der Waals surface area contributed by atoms with Crippen LogP contribution in [0.15, 0.2) is 60.0 Å². The van der Waals surface area contributed by atoms with Gasteiger partial charge in [0.1, 0.15) is 5.75 Å². The molecule has 2 amide bonds. The molecule has 0 aliphatic carbocycles. The summed E-state index contributed by atoms with van der Waals surface area (Å²) in [5, 5.41) is 7.62. The first-order valence-corrected chi connectivity index (χ1v) is 9.41. The van der Waals surface area contributed by atoms with Gasteiger partial charge in [-0.3, -0.25) is 9.59 Å². The molecule has 0 aliphatic rings.